The van der Waals surface area contributed by atoms with Crippen molar-refractivity contribution in [3.63, 3.8) is 0 Å². The molecule has 6 atom stereocenters. The average Bonchev–Trinajstić information content (AvgIpc) is 3.17. The molecule has 0 spiro atoms. The summed E-state index contributed by atoms with van der Waals surface area (Å²) in [5.41, 5.74) is 0.509. The highest BCUT2D eigenvalue weighted by Gasteiger charge is 2.56. The molecular weight excluding hydrogens is 732 g/mol. The topological polar surface area (TPSA) is 188 Å². The molecule has 0 saturated carbocycles. The third-order valence-corrected chi connectivity index (χ3v) is 9.73. The molecule has 0 N–H and O–H groups in total. The Bertz CT molecular complexity index is 1700. The van der Waals surface area contributed by atoms with Crippen molar-refractivity contribution >= 4 is 23.9 Å². The molecule has 1 aliphatic rings. The zero-order valence-electron chi connectivity index (χ0n) is 34.0. The Labute approximate surface area is 328 Å². The van der Waals surface area contributed by atoms with E-state index in [0.29, 0.717) is 48.0 Å². The molecule has 1 fully saturated rings. The summed E-state index contributed by atoms with van der Waals surface area (Å²) in [7, 11) is 8.70. The Morgan fingerprint density at radius 3 is 1.79 bits per heavy atom. The van der Waals surface area contributed by atoms with E-state index in [1.807, 2.05) is 24.8 Å². The minimum Gasteiger partial charge on any atom is -0.493 e. The van der Waals surface area contributed by atoms with Crippen LogP contribution in [0.25, 0.3) is 0 Å². The van der Waals surface area contributed by atoms with Crippen molar-refractivity contribution in [2.75, 3.05) is 55.7 Å². The van der Waals surface area contributed by atoms with Crippen LogP contribution in [-0.2, 0) is 54.7 Å². The lowest BCUT2D eigenvalue weighted by molar-refractivity contribution is -0.273. The van der Waals surface area contributed by atoms with Crippen molar-refractivity contribution in [3.8, 4) is 34.8 Å². The van der Waals surface area contributed by atoms with Crippen LogP contribution in [0.4, 0.5) is 0 Å². The first-order chi connectivity index (χ1) is 26.6. The van der Waals surface area contributed by atoms with Crippen LogP contribution in [0, 0.1) is 17.2 Å². The highest BCUT2D eigenvalue weighted by Crippen LogP contribution is 2.42. The van der Waals surface area contributed by atoms with Gasteiger partial charge in [-0.05, 0) is 60.6 Å². The van der Waals surface area contributed by atoms with Gasteiger partial charge in [-0.25, -0.2) is 4.79 Å². The third kappa shape index (κ3) is 10.5. The summed E-state index contributed by atoms with van der Waals surface area (Å²) in [6, 6.07) is 11.5. The highest BCUT2D eigenvalue weighted by atomic mass is 16.7. The molecule has 0 aromatic heterocycles. The Hall–Kier alpha value is -5.27. The molecule has 1 aliphatic heterocycles. The maximum Gasteiger partial charge on any atom is 0.339 e. The molecule has 16 nitrogen and oxygen atoms in total. The Balaban J connectivity index is 2.17. The first-order valence-corrected chi connectivity index (χ1v) is 18.1. The minimum atomic E-state index is -1.59. The second kappa shape index (κ2) is 20.6. The van der Waals surface area contributed by atoms with Gasteiger partial charge in [-0.3, -0.25) is 19.3 Å². The van der Waals surface area contributed by atoms with Gasteiger partial charge in [0.25, 0.3) is 0 Å². The number of methoxy groups -OCH3 is 6. The standard InChI is InChI=1S/C40H54N2O14/c1-23(2)40(22-41,28-13-14-29(47-6)30(21-28)48-7)16-12-17-42(18-15-27-19-31(49-8)33(51-10)32(20-27)50-9)38-36(55-26(5)45)34(53-24(3)43)35(54-25(4)44)37(56-38)39(46)52-11/h13-14,19-21,23,34-38H,12,15-18H2,1-11H3/t34-,35-,36+,37-,38+,40?/m0/s1. The van der Waals surface area contributed by atoms with Gasteiger partial charge < -0.3 is 47.4 Å². The van der Waals surface area contributed by atoms with Gasteiger partial charge in [0.15, 0.2) is 53.6 Å². The van der Waals surface area contributed by atoms with E-state index in [2.05, 4.69) is 6.07 Å². The molecule has 1 heterocycles. The number of nitrogens with zero attached hydrogens (tertiary/aromatic N) is 2. The van der Waals surface area contributed by atoms with Gasteiger partial charge in [0.05, 0.1) is 54.1 Å². The first-order valence-electron chi connectivity index (χ1n) is 18.1. The molecule has 56 heavy (non-hydrogen) atoms. The fourth-order valence-corrected chi connectivity index (χ4v) is 7.00. The molecule has 1 unspecified atom stereocenters. The molecule has 0 radical (unpaired) electrons. The van der Waals surface area contributed by atoms with Gasteiger partial charge in [-0.15, -0.1) is 0 Å². The lowest BCUT2D eigenvalue weighted by Crippen LogP contribution is -2.67. The van der Waals surface area contributed by atoms with E-state index >= 15 is 0 Å². The molecule has 0 amide bonds. The lowest BCUT2D eigenvalue weighted by atomic mass is 9.69. The number of ether oxygens (including phenoxy) is 10. The second-order valence-corrected chi connectivity index (χ2v) is 13.4. The van der Waals surface area contributed by atoms with E-state index in [1.165, 1.54) is 42.5 Å². The summed E-state index contributed by atoms with van der Waals surface area (Å²) < 4.78 is 56.0. The molecule has 2 aromatic rings. The van der Waals surface area contributed by atoms with Gasteiger partial charge in [-0.1, -0.05) is 19.9 Å². The molecule has 308 valence electrons. The smallest absolute Gasteiger partial charge is 0.339 e. The highest BCUT2D eigenvalue weighted by molar-refractivity contribution is 5.77. The van der Waals surface area contributed by atoms with Crippen molar-refractivity contribution in [2.45, 2.75) is 89.9 Å². The molecule has 3 rings (SSSR count). The largest absolute Gasteiger partial charge is 0.493 e. The van der Waals surface area contributed by atoms with Crippen molar-refractivity contribution in [1.29, 1.82) is 5.26 Å². The number of rotatable bonds is 19. The van der Waals surface area contributed by atoms with E-state index < -0.39 is 59.9 Å². The molecule has 1 saturated heterocycles. The predicted molar refractivity (Wildman–Crippen MR) is 200 cm³/mol. The number of carbonyl (C=O) groups is 4. The lowest BCUT2D eigenvalue weighted by Gasteiger charge is -2.47. The number of carbonyl (C=O) groups excluding carboxylic acids is 4. The van der Waals surface area contributed by atoms with Crippen LogP contribution < -0.4 is 23.7 Å². The summed E-state index contributed by atoms with van der Waals surface area (Å²) >= 11 is 0. The Kier molecular flexibility index (Phi) is 16.6. The Morgan fingerprint density at radius 2 is 1.30 bits per heavy atom. The van der Waals surface area contributed by atoms with Gasteiger partial charge in [0.2, 0.25) is 5.75 Å². The number of nitriles is 1. The van der Waals surface area contributed by atoms with E-state index in [0.717, 1.165) is 32.1 Å². The van der Waals surface area contributed by atoms with Gasteiger partial charge in [0.1, 0.15) is 0 Å². The molecular formula is C40H54N2O14. The number of hydrogen-bond acceptors (Lipinski definition) is 16. The quantitative estimate of drug-likeness (QED) is 0.146. The van der Waals surface area contributed by atoms with E-state index in [1.54, 1.807) is 24.3 Å². The van der Waals surface area contributed by atoms with E-state index in [9.17, 15) is 24.4 Å². The van der Waals surface area contributed by atoms with Crippen LogP contribution >= 0.6 is 0 Å². The molecule has 16 heteroatoms. The monoisotopic (exact) mass is 786 g/mol. The third-order valence-electron chi connectivity index (χ3n) is 9.73. The summed E-state index contributed by atoms with van der Waals surface area (Å²) in [4.78, 5) is 52.6. The SMILES string of the molecule is COC(=O)[C@H]1O[C@@H](N(CCCC(C#N)(c2ccc(OC)c(OC)c2)C(C)C)CCc2cc(OC)c(OC)c(OC)c2)[C@H](OC(C)=O)[C@@H](OC(C)=O)[C@@H]1OC(C)=O. The van der Waals surface area contributed by atoms with Crippen LogP contribution in [0.2, 0.25) is 0 Å². The fourth-order valence-electron chi connectivity index (χ4n) is 7.00. The predicted octanol–water partition coefficient (Wildman–Crippen LogP) is 4.16. The van der Waals surface area contributed by atoms with E-state index in [4.69, 9.17) is 47.4 Å². The number of hydrogen-bond donors (Lipinski definition) is 0. The Morgan fingerprint density at radius 1 is 0.750 bits per heavy atom. The van der Waals surface area contributed by atoms with Gasteiger partial charge in [0, 0.05) is 33.9 Å². The fraction of sp³-hybridized carbons (Fsp3) is 0.575. The summed E-state index contributed by atoms with van der Waals surface area (Å²) in [6.45, 7) is 7.77. The first kappa shape index (κ1) is 45.1. The van der Waals surface area contributed by atoms with E-state index in [-0.39, 0.29) is 19.0 Å². The van der Waals surface area contributed by atoms with Crippen molar-refractivity contribution in [3.05, 3.63) is 41.5 Å². The average molecular weight is 787 g/mol. The maximum absolute atomic E-state index is 13.3. The summed E-state index contributed by atoms with van der Waals surface area (Å²) in [5.74, 6) is -1.16. The maximum atomic E-state index is 13.3. The van der Waals surface area contributed by atoms with Gasteiger partial charge in [-0.2, -0.15) is 5.26 Å². The van der Waals surface area contributed by atoms with Crippen LogP contribution in [0.15, 0.2) is 30.3 Å². The van der Waals surface area contributed by atoms with Crippen molar-refractivity contribution in [2.24, 2.45) is 5.92 Å². The van der Waals surface area contributed by atoms with Gasteiger partial charge >= 0.3 is 23.9 Å². The van der Waals surface area contributed by atoms with Crippen molar-refractivity contribution < 1.29 is 66.5 Å². The second-order valence-electron chi connectivity index (χ2n) is 13.4. The van der Waals surface area contributed by atoms with Crippen molar-refractivity contribution in [1.82, 2.24) is 4.90 Å². The molecule has 2 aromatic carbocycles. The normalized spacial score (nSPS) is 20.2. The molecule has 0 aliphatic carbocycles. The summed E-state index contributed by atoms with van der Waals surface area (Å²) in [6.07, 6.45) is -6.17. The van der Waals surface area contributed by atoms with Crippen LogP contribution in [-0.4, -0.2) is 115 Å². The zero-order chi connectivity index (χ0) is 41.7. The van der Waals surface area contributed by atoms with Crippen LogP contribution in [0.3, 0.4) is 0 Å². The van der Waals surface area contributed by atoms with Crippen LogP contribution in [0.5, 0.6) is 28.7 Å². The number of esters is 4. The molecule has 0 bridgehead atoms. The minimum absolute atomic E-state index is 0.153. The number of benzene rings is 2. The van der Waals surface area contributed by atoms with Crippen LogP contribution in [0.1, 0.15) is 58.6 Å². The summed E-state index contributed by atoms with van der Waals surface area (Å²) in [5, 5.41) is 10.8. The zero-order valence-corrected chi connectivity index (χ0v) is 34.0.